The highest BCUT2D eigenvalue weighted by atomic mass is 16.5. The third-order valence-electron chi connectivity index (χ3n) is 1.80. The first-order valence-electron chi connectivity index (χ1n) is 5.39. The summed E-state index contributed by atoms with van der Waals surface area (Å²) in [6.45, 7) is 3.94. The fraction of sp³-hybridized carbons (Fsp3) is 0.800. The lowest BCUT2D eigenvalue weighted by atomic mass is 10.4. The molecule has 0 aromatic carbocycles. The van der Waals surface area contributed by atoms with E-state index in [1.807, 2.05) is 0 Å². The Hall–Kier alpha value is -1.30. The van der Waals surface area contributed by atoms with Gasteiger partial charge in [0.05, 0.1) is 13.0 Å². The third-order valence-corrected chi connectivity index (χ3v) is 1.80. The van der Waals surface area contributed by atoms with Crippen LogP contribution in [0.3, 0.4) is 0 Å². The summed E-state index contributed by atoms with van der Waals surface area (Å²) in [6, 6.07) is -0.118. The van der Waals surface area contributed by atoms with Gasteiger partial charge in [-0.1, -0.05) is 0 Å². The molecule has 0 aromatic heterocycles. The van der Waals surface area contributed by atoms with Crippen molar-refractivity contribution in [2.45, 2.75) is 13.3 Å². The van der Waals surface area contributed by atoms with Crippen LogP contribution in [0.15, 0.2) is 0 Å². The van der Waals surface area contributed by atoms with Crippen LogP contribution < -0.4 is 10.6 Å². The number of ether oxygens (including phenoxy) is 1. The molecule has 0 aromatic rings. The summed E-state index contributed by atoms with van der Waals surface area (Å²) in [5, 5.41) is 5.74. The summed E-state index contributed by atoms with van der Waals surface area (Å²) in [7, 11) is 3.37. The van der Waals surface area contributed by atoms with Gasteiger partial charge < -0.3 is 20.3 Å². The van der Waals surface area contributed by atoms with Crippen LogP contribution in [0.4, 0.5) is 4.79 Å². The number of rotatable bonds is 7. The van der Waals surface area contributed by atoms with Crippen LogP contribution in [0.1, 0.15) is 13.3 Å². The Kier molecular flexibility index (Phi) is 8.24. The van der Waals surface area contributed by atoms with Crippen molar-refractivity contribution in [3.63, 3.8) is 0 Å². The highest BCUT2D eigenvalue weighted by Crippen LogP contribution is 1.83. The van der Waals surface area contributed by atoms with E-state index in [1.165, 1.54) is 4.90 Å². The fourth-order valence-electron chi connectivity index (χ4n) is 0.965. The van der Waals surface area contributed by atoms with Crippen LogP contribution in [0.25, 0.3) is 0 Å². The van der Waals surface area contributed by atoms with Gasteiger partial charge in [-0.25, -0.2) is 4.79 Å². The zero-order valence-corrected chi connectivity index (χ0v) is 10.2. The lowest BCUT2D eigenvalue weighted by Gasteiger charge is -2.12. The maximum Gasteiger partial charge on any atom is 0.316 e. The number of amides is 2. The minimum absolute atomic E-state index is 0.118. The number of nitrogens with one attached hydrogen (secondary N) is 2. The molecule has 94 valence electrons. The minimum Gasteiger partial charge on any atom is -0.466 e. The van der Waals surface area contributed by atoms with Crippen LogP contribution >= 0.6 is 0 Å². The van der Waals surface area contributed by atoms with E-state index in [9.17, 15) is 9.59 Å². The van der Waals surface area contributed by atoms with Gasteiger partial charge in [0.25, 0.3) is 0 Å². The second kappa shape index (κ2) is 8.96. The molecule has 0 fully saturated rings. The molecule has 16 heavy (non-hydrogen) atoms. The van der Waals surface area contributed by atoms with E-state index in [0.717, 1.165) is 0 Å². The Morgan fingerprint density at radius 3 is 2.44 bits per heavy atom. The molecule has 0 radical (unpaired) electrons. The molecule has 0 bridgehead atoms. The van der Waals surface area contributed by atoms with Gasteiger partial charge in [-0.3, -0.25) is 4.79 Å². The molecular weight excluding hydrogens is 210 g/mol. The number of esters is 1. The molecule has 0 atom stereocenters. The topological polar surface area (TPSA) is 70.7 Å². The summed E-state index contributed by atoms with van der Waals surface area (Å²) < 4.78 is 4.76. The smallest absolute Gasteiger partial charge is 0.316 e. The number of urea groups is 1. The molecule has 2 N–H and O–H groups in total. The molecule has 0 spiro atoms. The average Bonchev–Trinajstić information content (AvgIpc) is 2.23. The van der Waals surface area contributed by atoms with Crippen molar-refractivity contribution < 1.29 is 14.3 Å². The zero-order valence-electron chi connectivity index (χ0n) is 10.2. The lowest BCUT2D eigenvalue weighted by Crippen LogP contribution is -2.38. The van der Waals surface area contributed by atoms with E-state index >= 15 is 0 Å². The fourth-order valence-corrected chi connectivity index (χ4v) is 0.965. The molecule has 6 nitrogen and oxygen atoms in total. The predicted octanol–water partition coefficient (Wildman–Crippen LogP) is -0.200. The second-order valence-electron chi connectivity index (χ2n) is 3.43. The Morgan fingerprint density at radius 1 is 1.19 bits per heavy atom. The summed E-state index contributed by atoms with van der Waals surface area (Å²) in [5.41, 5.74) is 0. The molecule has 0 saturated heterocycles. The zero-order chi connectivity index (χ0) is 12.4. The van der Waals surface area contributed by atoms with E-state index in [1.54, 1.807) is 21.0 Å². The van der Waals surface area contributed by atoms with E-state index in [4.69, 9.17) is 4.74 Å². The third kappa shape index (κ3) is 8.05. The Morgan fingerprint density at radius 2 is 1.88 bits per heavy atom. The summed E-state index contributed by atoms with van der Waals surface area (Å²) in [5.74, 6) is -0.202. The maximum absolute atomic E-state index is 11.1. The average molecular weight is 231 g/mol. The molecule has 0 unspecified atom stereocenters. The van der Waals surface area contributed by atoms with Crippen LogP contribution in [0.5, 0.6) is 0 Å². The molecule has 0 heterocycles. The van der Waals surface area contributed by atoms with Gasteiger partial charge in [0, 0.05) is 33.7 Å². The summed E-state index contributed by atoms with van der Waals surface area (Å²) >= 11 is 0. The lowest BCUT2D eigenvalue weighted by molar-refractivity contribution is -0.142. The Balaban J connectivity index is 3.28. The van der Waals surface area contributed by atoms with Crippen molar-refractivity contribution in [1.82, 2.24) is 15.5 Å². The van der Waals surface area contributed by atoms with E-state index < -0.39 is 0 Å². The standard InChI is InChI=1S/C10H21N3O3/c1-4-16-9(14)5-6-11-7-8-12-10(15)13(2)3/h11H,4-8H2,1-3H3,(H,12,15). The van der Waals surface area contributed by atoms with Crippen LogP contribution in [-0.4, -0.2) is 57.2 Å². The molecule has 0 aliphatic heterocycles. The van der Waals surface area contributed by atoms with Gasteiger partial charge in [0.1, 0.15) is 0 Å². The normalized spacial score (nSPS) is 9.69. The molecule has 0 rings (SSSR count). The molecule has 0 aliphatic rings. The van der Waals surface area contributed by atoms with Gasteiger partial charge in [-0.2, -0.15) is 0 Å². The molecule has 6 heteroatoms. The highest BCUT2D eigenvalue weighted by Gasteiger charge is 2.02. The first kappa shape index (κ1) is 14.7. The van der Waals surface area contributed by atoms with Crippen molar-refractivity contribution >= 4 is 12.0 Å². The van der Waals surface area contributed by atoms with Crippen LogP contribution in [0, 0.1) is 0 Å². The molecule has 0 saturated carbocycles. The SMILES string of the molecule is CCOC(=O)CCNCCNC(=O)N(C)C. The quantitative estimate of drug-likeness (QED) is 0.470. The van der Waals surface area contributed by atoms with Gasteiger partial charge in [-0.05, 0) is 6.92 Å². The van der Waals surface area contributed by atoms with Crippen molar-refractivity contribution in [2.24, 2.45) is 0 Å². The number of hydrogen-bond donors (Lipinski definition) is 2. The van der Waals surface area contributed by atoms with E-state index in [2.05, 4.69) is 10.6 Å². The van der Waals surface area contributed by atoms with Crippen LogP contribution in [-0.2, 0) is 9.53 Å². The summed E-state index contributed by atoms with van der Waals surface area (Å²) in [4.78, 5) is 23.5. The first-order valence-corrected chi connectivity index (χ1v) is 5.39. The highest BCUT2D eigenvalue weighted by molar-refractivity contribution is 5.73. The Bertz CT molecular complexity index is 219. The minimum atomic E-state index is -0.202. The Labute approximate surface area is 96.3 Å². The molecular formula is C10H21N3O3. The van der Waals surface area contributed by atoms with Gasteiger partial charge >= 0.3 is 12.0 Å². The van der Waals surface area contributed by atoms with Crippen molar-refractivity contribution in [1.29, 1.82) is 0 Å². The van der Waals surface area contributed by atoms with Crippen molar-refractivity contribution in [3.8, 4) is 0 Å². The van der Waals surface area contributed by atoms with Gasteiger partial charge in [-0.15, -0.1) is 0 Å². The number of carbonyl (C=O) groups is 2. The van der Waals surface area contributed by atoms with E-state index in [0.29, 0.717) is 32.7 Å². The number of carbonyl (C=O) groups excluding carboxylic acids is 2. The van der Waals surface area contributed by atoms with Crippen molar-refractivity contribution in [2.75, 3.05) is 40.3 Å². The monoisotopic (exact) mass is 231 g/mol. The molecule has 0 aliphatic carbocycles. The maximum atomic E-state index is 11.1. The van der Waals surface area contributed by atoms with Gasteiger partial charge in [0.15, 0.2) is 0 Å². The second-order valence-corrected chi connectivity index (χ2v) is 3.43. The predicted molar refractivity (Wildman–Crippen MR) is 61.2 cm³/mol. The van der Waals surface area contributed by atoms with Gasteiger partial charge in [0.2, 0.25) is 0 Å². The number of hydrogen-bond acceptors (Lipinski definition) is 4. The van der Waals surface area contributed by atoms with Crippen LogP contribution in [0.2, 0.25) is 0 Å². The van der Waals surface area contributed by atoms with Crippen molar-refractivity contribution in [3.05, 3.63) is 0 Å². The van der Waals surface area contributed by atoms with E-state index in [-0.39, 0.29) is 12.0 Å². The number of nitrogens with zero attached hydrogens (tertiary/aromatic N) is 1. The first-order chi connectivity index (χ1) is 7.57. The largest absolute Gasteiger partial charge is 0.466 e. The molecule has 2 amide bonds. The summed E-state index contributed by atoms with van der Waals surface area (Å²) in [6.07, 6.45) is 0.357.